The summed E-state index contributed by atoms with van der Waals surface area (Å²) in [6.45, 7) is 1.00. The van der Waals surface area contributed by atoms with Gasteiger partial charge in [-0.05, 0) is 62.6 Å². The number of nitrogens with zero attached hydrogens (tertiary/aromatic N) is 3. The summed E-state index contributed by atoms with van der Waals surface area (Å²) in [7, 11) is 0. The first-order valence-electron chi connectivity index (χ1n) is 12.9. The molecule has 6 rings (SSSR count). The molecule has 1 aromatic carbocycles. The number of aromatic nitrogens is 2. The van der Waals surface area contributed by atoms with Gasteiger partial charge in [0.1, 0.15) is 11.9 Å². The van der Waals surface area contributed by atoms with Crippen molar-refractivity contribution < 1.29 is 37.4 Å². The van der Waals surface area contributed by atoms with Gasteiger partial charge in [0, 0.05) is 36.3 Å². The van der Waals surface area contributed by atoms with E-state index in [1.807, 2.05) is 0 Å². The van der Waals surface area contributed by atoms with Crippen molar-refractivity contribution in [3.05, 3.63) is 46.6 Å². The minimum Gasteiger partial charge on any atom is -0.476 e. The van der Waals surface area contributed by atoms with E-state index in [2.05, 4.69) is 10.4 Å². The van der Waals surface area contributed by atoms with Crippen molar-refractivity contribution in [2.75, 3.05) is 18.1 Å². The number of hydrogen-bond acceptors (Lipinski definition) is 5. The summed E-state index contributed by atoms with van der Waals surface area (Å²) in [5.41, 5.74) is -0.888. The molecular weight excluding hydrogens is 505 g/mol. The fourth-order valence-electron chi connectivity index (χ4n) is 5.76. The predicted octanol–water partition coefficient (Wildman–Crippen LogP) is 3.75. The highest BCUT2D eigenvalue weighted by atomic mass is 19.4. The number of ether oxygens (including phenoxy) is 1. The highest BCUT2D eigenvalue weighted by Crippen LogP contribution is 2.53. The molecule has 0 spiro atoms. The molecule has 0 unspecified atom stereocenters. The van der Waals surface area contributed by atoms with E-state index < -0.39 is 35.6 Å². The molecule has 3 heterocycles. The van der Waals surface area contributed by atoms with Gasteiger partial charge in [0.15, 0.2) is 5.69 Å². The van der Waals surface area contributed by atoms with Crippen molar-refractivity contribution in [2.45, 2.75) is 68.7 Å². The molecule has 2 aliphatic heterocycles. The standard InChI is InChI=1S/C26H27F3N4O5/c27-26(28,29)15-3-1-2-14(12-15)22(34)30-20-18(13-4-5-13)19-21(25(36)37)31-33(17-8-10-38-11-9-17)23(19)32(24(20)35)16-6-7-16/h1-3,12-13,16-18,20H,4-11H2,(H,30,34)(H,36,37)/t18-,20-/m0/s1. The molecule has 2 aromatic rings. The Balaban J connectivity index is 1.43. The van der Waals surface area contributed by atoms with E-state index in [-0.39, 0.29) is 35.2 Å². The van der Waals surface area contributed by atoms with Gasteiger partial charge >= 0.3 is 12.1 Å². The summed E-state index contributed by atoms with van der Waals surface area (Å²) in [6.07, 6.45) is -0.409. The predicted molar refractivity (Wildman–Crippen MR) is 127 cm³/mol. The Labute approximate surface area is 215 Å². The number of rotatable bonds is 6. The Morgan fingerprint density at radius 3 is 2.37 bits per heavy atom. The second kappa shape index (κ2) is 9.11. The highest BCUT2D eigenvalue weighted by molar-refractivity contribution is 6.07. The van der Waals surface area contributed by atoms with Crippen LogP contribution in [0.1, 0.15) is 82.5 Å². The third kappa shape index (κ3) is 4.34. The van der Waals surface area contributed by atoms with E-state index in [4.69, 9.17) is 4.74 Å². The zero-order chi connectivity index (χ0) is 26.8. The van der Waals surface area contributed by atoms with Gasteiger partial charge in [0.25, 0.3) is 11.8 Å². The number of carbonyl (C=O) groups is 3. The molecule has 4 aliphatic rings. The van der Waals surface area contributed by atoms with E-state index >= 15 is 0 Å². The van der Waals surface area contributed by atoms with Crippen LogP contribution >= 0.6 is 0 Å². The van der Waals surface area contributed by atoms with E-state index in [1.165, 1.54) is 6.07 Å². The molecule has 1 saturated heterocycles. The molecule has 2 saturated carbocycles. The monoisotopic (exact) mass is 532 g/mol. The first-order chi connectivity index (χ1) is 18.1. The maximum Gasteiger partial charge on any atom is 0.416 e. The van der Waals surface area contributed by atoms with Crippen LogP contribution in [0.2, 0.25) is 0 Å². The molecule has 0 bridgehead atoms. The van der Waals surface area contributed by atoms with Crippen molar-refractivity contribution in [3.63, 3.8) is 0 Å². The quantitative estimate of drug-likeness (QED) is 0.586. The number of halogens is 3. The van der Waals surface area contributed by atoms with Gasteiger partial charge in [-0.2, -0.15) is 18.3 Å². The SMILES string of the molecule is O=C(N[C@@H]1C(=O)N(C2CC2)c2c(c(C(=O)O)nn2C2CCOCC2)[C@@H]1C1CC1)c1cccc(C(F)(F)F)c1. The maximum absolute atomic E-state index is 14.0. The lowest BCUT2D eigenvalue weighted by Crippen LogP contribution is -2.56. The summed E-state index contributed by atoms with van der Waals surface area (Å²) >= 11 is 0. The van der Waals surface area contributed by atoms with E-state index in [0.29, 0.717) is 37.4 Å². The Bertz CT molecular complexity index is 1290. The van der Waals surface area contributed by atoms with Crippen LogP contribution in [0.5, 0.6) is 0 Å². The van der Waals surface area contributed by atoms with Crippen molar-refractivity contribution in [2.24, 2.45) is 5.92 Å². The van der Waals surface area contributed by atoms with Gasteiger partial charge in [-0.1, -0.05) is 6.07 Å². The first-order valence-corrected chi connectivity index (χ1v) is 12.9. The average molecular weight is 533 g/mol. The summed E-state index contributed by atoms with van der Waals surface area (Å²) < 4.78 is 46.9. The second-order valence-electron chi connectivity index (χ2n) is 10.5. The highest BCUT2D eigenvalue weighted by Gasteiger charge is 2.55. The Kier molecular flexibility index (Phi) is 5.97. The molecule has 2 N–H and O–H groups in total. The van der Waals surface area contributed by atoms with Crippen LogP contribution in [0, 0.1) is 5.92 Å². The number of amides is 2. The van der Waals surface area contributed by atoms with Crippen molar-refractivity contribution in [1.82, 2.24) is 15.1 Å². The first kappa shape index (κ1) is 24.9. The minimum atomic E-state index is -4.62. The van der Waals surface area contributed by atoms with Crippen molar-refractivity contribution in [3.8, 4) is 0 Å². The zero-order valence-electron chi connectivity index (χ0n) is 20.4. The van der Waals surface area contributed by atoms with Crippen LogP contribution in [0.3, 0.4) is 0 Å². The third-order valence-electron chi connectivity index (χ3n) is 7.86. The molecule has 2 amide bonds. The molecule has 9 nitrogen and oxygen atoms in total. The van der Waals surface area contributed by atoms with Crippen molar-refractivity contribution in [1.29, 1.82) is 0 Å². The van der Waals surface area contributed by atoms with Crippen LogP contribution in [0.15, 0.2) is 24.3 Å². The smallest absolute Gasteiger partial charge is 0.416 e. The van der Waals surface area contributed by atoms with Crippen LogP contribution in [0.25, 0.3) is 0 Å². The molecule has 12 heteroatoms. The molecule has 3 fully saturated rings. The number of carboxylic acid groups (broad SMARTS) is 1. The molecule has 1 aromatic heterocycles. The third-order valence-corrected chi connectivity index (χ3v) is 7.86. The van der Waals surface area contributed by atoms with Gasteiger partial charge in [-0.15, -0.1) is 0 Å². The largest absolute Gasteiger partial charge is 0.476 e. The number of nitrogens with one attached hydrogen (secondary N) is 1. The molecular formula is C26H27F3N4O5. The van der Waals surface area contributed by atoms with Gasteiger partial charge in [-0.3, -0.25) is 14.5 Å². The van der Waals surface area contributed by atoms with E-state index in [0.717, 1.165) is 43.9 Å². The maximum atomic E-state index is 14.0. The lowest BCUT2D eigenvalue weighted by molar-refractivity contribution is -0.137. The van der Waals surface area contributed by atoms with Gasteiger partial charge < -0.3 is 15.2 Å². The number of aromatic carboxylic acids is 1. The fraction of sp³-hybridized carbons (Fsp3) is 0.538. The zero-order valence-corrected chi connectivity index (χ0v) is 20.4. The Morgan fingerprint density at radius 1 is 1.05 bits per heavy atom. The summed E-state index contributed by atoms with van der Waals surface area (Å²) in [4.78, 5) is 41.2. The normalized spacial score (nSPS) is 24.3. The number of benzene rings is 1. The van der Waals surface area contributed by atoms with Crippen LogP contribution in [-0.4, -0.2) is 58.0 Å². The van der Waals surface area contributed by atoms with Gasteiger partial charge in [0.2, 0.25) is 0 Å². The minimum absolute atomic E-state index is 0.0451. The lowest BCUT2D eigenvalue weighted by Gasteiger charge is -2.40. The van der Waals surface area contributed by atoms with E-state index in [9.17, 15) is 32.7 Å². The van der Waals surface area contributed by atoms with Crippen LogP contribution in [0.4, 0.5) is 19.0 Å². The molecule has 2 aliphatic carbocycles. The molecule has 0 radical (unpaired) electrons. The van der Waals surface area contributed by atoms with Crippen molar-refractivity contribution >= 4 is 23.6 Å². The molecule has 202 valence electrons. The lowest BCUT2D eigenvalue weighted by atomic mass is 9.82. The summed E-state index contributed by atoms with van der Waals surface area (Å²) in [5, 5.41) is 17.3. The Hall–Kier alpha value is -3.41. The number of carboxylic acids is 1. The van der Waals surface area contributed by atoms with Gasteiger partial charge in [-0.25, -0.2) is 9.48 Å². The number of carbonyl (C=O) groups excluding carboxylic acids is 2. The summed E-state index contributed by atoms with van der Waals surface area (Å²) in [5.74, 6) is -2.59. The van der Waals surface area contributed by atoms with Crippen LogP contribution in [-0.2, 0) is 15.7 Å². The van der Waals surface area contributed by atoms with Gasteiger partial charge in [0.05, 0.1) is 11.6 Å². The van der Waals surface area contributed by atoms with Crippen LogP contribution < -0.4 is 10.2 Å². The fourth-order valence-corrected chi connectivity index (χ4v) is 5.76. The number of fused-ring (bicyclic) bond motifs is 1. The topological polar surface area (TPSA) is 114 Å². The second-order valence-corrected chi connectivity index (χ2v) is 10.5. The average Bonchev–Trinajstić information content (AvgIpc) is 3.82. The van der Waals surface area contributed by atoms with E-state index in [1.54, 1.807) is 9.58 Å². The number of anilines is 1. The Morgan fingerprint density at radius 2 is 1.76 bits per heavy atom. The number of alkyl halides is 3. The molecule has 2 atom stereocenters. The summed E-state index contributed by atoms with van der Waals surface area (Å²) in [6, 6.07) is 2.66. The number of hydrogen-bond donors (Lipinski definition) is 2. The molecule has 38 heavy (non-hydrogen) atoms.